The predicted octanol–water partition coefficient (Wildman–Crippen LogP) is 1.48. The Morgan fingerprint density at radius 3 is 2.43 bits per heavy atom. The standard InChI is InChI=1S/C16H18N2O3S2/c1-3-17(4-2)12-7-5-11(6-8-12)9-13-15(21)18(10-14(19)20)16(22)23-13/h5-9H,3-4,10H2,1-2H3,(H,19,20)/p-1/b13-9-. The Labute approximate surface area is 145 Å². The largest absolute Gasteiger partial charge is 0.548 e. The molecule has 1 saturated heterocycles. The average molecular weight is 349 g/mol. The first-order valence-corrected chi connectivity index (χ1v) is 8.49. The molecule has 1 fully saturated rings. The number of rotatable bonds is 6. The van der Waals surface area contributed by atoms with Crippen LogP contribution >= 0.6 is 24.0 Å². The number of carbonyl (C=O) groups excluding carboxylic acids is 2. The highest BCUT2D eigenvalue weighted by Gasteiger charge is 2.31. The summed E-state index contributed by atoms with van der Waals surface area (Å²) in [5.74, 6) is -1.72. The first-order valence-electron chi connectivity index (χ1n) is 7.26. The van der Waals surface area contributed by atoms with Gasteiger partial charge < -0.3 is 14.8 Å². The molecule has 1 heterocycles. The van der Waals surface area contributed by atoms with Crippen molar-refractivity contribution in [1.29, 1.82) is 0 Å². The van der Waals surface area contributed by atoms with Crippen molar-refractivity contribution in [3.05, 3.63) is 34.7 Å². The van der Waals surface area contributed by atoms with E-state index in [2.05, 4.69) is 18.7 Å². The van der Waals surface area contributed by atoms with E-state index >= 15 is 0 Å². The van der Waals surface area contributed by atoms with Crippen molar-refractivity contribution in [2.45, 2.75) is 13.8 Å². The van der Waals surface area contributed by atoms with E-state index in [0.29, 0.717) is 4.91 Å². The molecular weight excluding hydrogens is 332 g/mol. The number of thiocarbonyl (C=S) groups is 1. The van der Waals surface area contributed by atoms with Gasteiger partial charge in [0.1, 0.15) is 4.32 Å². The fourth-order valence-corrected chi connectivity index (χ4v) is 3.54. The van der Waals surface area contributed by atoms with Gasteiger partial charge in [0.05, 0.1) is 17.4 Å². The number of carboxylic acid groups (broad SMARTS) is 1. The maximum Gasteiger partial charge on any atom is 0.266 e. The van der Waals surface area contributed by atoms with Crippen molar-refractivity contribution in [2.75, 3.05) is 24.5 Å². The molecule has 0 radical (unpaired) electrons. The molecule has 122 valence electrons. The summed E-state index contributed by atoms with van der Waals surface area (Å²) in [6, 6.07) is 7.86. The maximum absolute atomic E-state index is 12.2. The summed E-state index contributed by atoms with van der Waals surface area (Å²) in [6.07, 6.45) is 1.72. The molecule has 5 nitrogen and oxygen atoms in total. The van der Waals surface area contributed by atoms with Crippen LogP contribution in [0.25, 0.3) is 6.08 Å². The Bertz CT molecular complexity index is 652. The van der Waals surface area contributed by atoms with Gasteiger partial charge in [-0.1, -0.05) is 36.1 Å². The second kappa shape index (κ2) is 7.61. The summed E-state index contributed by atoms with van der Waals surface area (Å²) in [4.78, 5) is 26.5. The second-order valence-corrected chi connectivity index (χ2v) is 6.58. The molecule has 1 aromatic rings. The molecular formula is C16H17N2O3S2-. The third-order valence-electron chi connectivity index (χ3n) is 3.48. The molecule has 0 unspecified atom stereocenters. The first-order chi connectivity index (χ1) is 11.0. The molecule has 0 spiro atoms. The SMILES string of the molecule is CCN(CC)c1ccc(/C=C2\SC(=S)N(CC(=O)[O-])C2=O)cc1. The highest BCUT2D eigenvalue weighted by atomic mass is 32.2. The van der Waals surface area contributed by atoms with Gasteiger partial charge in [0, 0.05) is 18.8 Å². The van der Waals surface area contributed by atoms with E-state index in [1.165, 1.54) is 0 Å². The maximum atomic E-state index is 12.2. The molecule has 0 saturated carbocycles. The molecule has 23 heavy (non-hydrogen) atoms. The summed E-state index contributed by atoms with van der Waals surface area (Å²) >= 11 is 6.15. The minimum Gasteiger partial charge on any atom is -0.548 e. The van der Waals surface area contributed by atoms with Gasteiger partial charge in [-0.05, 0) is 37.6 Å². The van der Waals surface area contributed by atoms with E-state index in [9.17, 15) is 14.7 Å². The van der Waals surface area contributed by atoms with Crippen LogP contribution in [0.2, 0.25) is 0 Å². The van der Waals surface area contributed by atoms with Crippen LogP contribution in [0, 0.1) is 0 Å². The minimum absolute atomic E-state index is 0.241. The van der Waals surface area contributed by atoms with Crippen LogP contribution in [0.4, 0.5) is 5.69 Å². The first kappa shape index (κ1) is 17.5. The summed E-state index contributed by atoms with van der Waals surface area (Å²) in [7, 11) is 0. The van der Waals surface area contributed by atoms with Gasteiger partial charge in [-0.25, -0.2) is 0 Å². The third-order valence-corrected chi connectivity index (χ3v) is 4.86. The summed E-state index contributed by atoms with van der Waals surface area (Å²) in [5.41, 5.74) is 1.99. The number of benzene rings is 1. The van der Waals surface area contributed by atoms with Crippen LogP contribution in [0.3, 0.4) is 0 Å². The zero-order valence-electron chi connectivity index (χ0n) is 12.9. The number of thioether (sulfide) groups is 1. The third kappa shape index (κ3) is 4.11. The van der Waals surface area contributed by atoms with E-state index in [-0.39, 0.29) is 4.32 Å². The lowest BCUT2D eigenvalue weighted by molar-refractivity contribution is -0.305. The van der Waals surface area contributed by atoms with Gasteiger partial charge >= 0.3 is 0 Å². The molecule has 7 heteroatoms. The van der Waals surface area contributed by atoms with Crippen LogP contribution in [-0.2, 0) is 9.59 Å². The molecule has 0 bridgehead atoms. The lowest BCUT2D eigenvalue weighted by Crippen LogP contribution is -2.40. The number of carboxylic acids is 1. The van der Waals surface area contributed by atoms with Gasteiger partial charge in [0.25, 0.3) is 5.91 Å². The van der Waals surface area contributed by atoms with Crippen LogP contribution in [0.1, 0.15) is 19.4 Å². The smallest absolute Gasteiger partial charge is 0.266 e. The van der Waals surface area contributed by atoms with Crippen molar-refractivity contribution < 1.29 is 14.7 Å². The lowest BCUT2D eigenvalue weighted by atomic mass is 10.1. The fourth-order valence-electron chi connectivity index (χ4n) is 2.29. The predicted molar refractivity (Wildman–Crippen MR) is 94.9 cm³/mol. The molecule has 1 amide bonds. The molecule has 1 aliphatic rings. The van der Waals surface area contributed by atoms with Crippen molar-refractivity contribution in [2.24, 2.45) is 0 Å². The van der Waals surface area contributed by atoms with Gasteiger partial charge in [-0.15, -0.1) is 0 Å². The lowest BCUT2D eigenvalue weighted by Gasteiger charge is -2.20. The topological polar surface area (TPSA) is 63.7 Å². The van der Waals surface area contributed by atoms with Crippen molar-refractivity contribution in [3.63, 3.8) is 0 Å². The van der Waals surface area contributed by atoms with Crippen LogP contribution in [0.5, 0.6) is 0 Å². The molecule has 1 aliphatic heterocycles. The molecule has 0 atom stereocenters. The van der Waals surface area contributed by atoms with Gasteiger partial charge in [-0.2, -0.15) is 0 Å². The summed E-state index contributed by atoms with van der Waals surface area (Å²) < 4.78 is 0.241. The number of hydrogen-bond donors (Lipinski definition) is 0. The second-order valence-electron chi connectivity index (χ2n) is 4.90. The molecule has 2 rings (SSSR count). The Balaban J connectivity index is 2.17. The highest BCUT2D eigenvalue weighted by molar-refractivity contribution is 8.26. The van der Waals surface area contributed by atoms with Crippen molar-refractivity contribution in [3.8, 4) is 0 Å². The highest BCUT2D eigenvalue weighted by Crippen LogP contribution is 2.32. The number of carbonyl (C=O) groups is 2. The van der Waals surface area contributed by atoms with E-state index in [4.69, 9.17) is 12.2 Å². The molecule has 1 aromatic carbocycles. The summed E-state index contributed by atoms with van der Waals surface area (Å²) in [5, 5.41) is 10.7. The van der Waals surface area contributed by atoms with Crippen LogP contribution in [-0.4, -0.2) is 40.7 Å². The molecule has 0 aliphatic carbocycles. The number of nitrogens with zero attached hydrogens (tertiary/aromatic N) is 2. The molecule has 0 N–H and O–H groups in total. The fraction of sp³-hybridized carbons (Fsp3) is 0.312. The number of hydrogen-bond acceptors (Lipinski definition) is 6. The number of amides is 1. The van der Waals surface area contributed by atoms with Crippen molar-refractivity contribution >= 4 is 51.9 Å². The van der Waals surface area contributed by atoms with Gasteiger partial charge in [-0.3, -0.25) is 9.69 Å². The van der Waals surface area contributed by atoms with Crippen LogP contribution < -0.4 is 10.0 Å². The normalized spacial score (nSPS) is 16.3. The monoisotopic (exact) mass is 349 g/mol. The Hall–Kier alpha value is -1.86. The van der Waals surface area contributed by atoms with Gasteiger partial charge in [0.15, 0.2) is 0 Å². The van der Waals surface area contributed by atoms with E-state index in [1.807, 2.05) is 24.3 Å². The number of aliphatic carboxylic acids is 1. The average Bonchev–Trinajstić information content (AvgIpc) is 2.77. The Kier molecular flexibility index (Phi) is 5.79. The minimum atomic E-state index is -1.33. The van der Waals surface area contributed by atoms with E-state index < -0.39 is 18.4 Å². The quantitative estimate of drug-likeness (QED) is 0.573. The van der Waals surface area contributed by atoms with Crippen molar-refractivity contribution in [1.82, 2.24) is 4.90 Å². The van der Waals surface area contributed by atoms with E-state index in [0.717, 1.165) is 41.0 Å². The van der Waals surface area contributed by atoms with E-state index in [1.54, 1.807) is 6.08 Å². The Morgan fingerprint density at radius 1 is 1.30 bits per heavy atom. The zero-order chi connectivity index (χ0) is 17.0. The molecule has 0 aromatic heterocycles. The zero-order valence-corrected chi connectivity index (χ0v) is 14.6. The Morgan fingerprint density at radius 2 is 1.91 bits per heavy atom. The number of anilines is 1. The van der Waals surface area contributed by atoms with Crippen LogP contribution in [0.15, 0.2) is 29.2 Å². The summed E-state index contributed by atoms with van der Waals surface area (Å²) in [6.45, 7) is 5.54. The van der Waals surface area contributed by atoms with Gasteiger partial charge in [0.2, 0.25) is 0 Å².